The standard InChI is InChI=1S/C13H21NOS/c1-4-15-13-7-5-12(6-8-13)9-14-11(2)10-16-3/h5-8,11,14H,4,9-10H2,1-3H3. The Kier molecular flexibility index (Phi) is 6.34. The Bertz CT molecular complexity index is 286. The van der Waals surface area contributed by atoms with Gasteiger partial charge in [0.2, 0.25) is 0 Å². The Labute approximate surface area is 103 Å². The van der Waals surface area contributed by atoms with Crippen molar-refractivity contribution in [3.63, 3.8) is 0 Å². The third-order valence-corrected chi connectivity index (χ3v) is 3.14. The molecular weight excluding hydrogens is 218 g/mol. The molecule has 0 aliphatic rings. The highest BCUT2D eigenvalue weighted by Gasteiger charge is 2.00. The van der Waals surface area contributed by atoms with Gasteiger partial charge in [-0.05, 0) is 37.8 Å². The maximum Gasteiger partial charge on any atom is 0.119 e. The predicted octanol–water partition coefficient (Wildman–Crippen LogP) is 2.93. The van der Waals surface area contributed by atoms with Crippen LogP contribution in [0.25, 0.3) is 0 Å². The Morgan fingerprint density at radius 3 is 2.56 bits per heavy atom. The van der Waals surface area contributed by atoms with Crippen LogP contribution >= 0.6 is 11.8 Å². The highest BCUT2D eigenvalue weighted by Crippen LogP contribution is 2.12. The summed E-state index contributed by atoms with van der Waals surface area (Å²) < 4.78 is 5.40. The molecule has 0 heterocycles. The summed E-state index contributed by atoms with van der Waals surface area (Å²) in [5.74, 6) is 2.10. The highest BCUT2D eigenvalue weighted by molar-refractivity contribution is 7.98. The van der Waals surface area contributed by atoms with E-state index in [0.717, 1.165) is 24.7 Å². The topological polar surface area (TPSA) is 21.3 Å². The van der Waals surface area contributed by atoms with Gasteiger partial charge in [0.1, 0.15) is 5.75 Å². The molecule has 1 aromatic carbocycles. The zero-order valence-corrected chi connectivity index (χ0v) is 11.1. The molecule has 90 valence electrons. The second-order valence-corrected chi connectivity index (χ2v) is 4.72. The summed E-state index contributed by atoms with van der Waals surface area (Å²) in [4.78, 5) is 0. The van der Waals surface area contributed by atoms with Crippen LogP contribution < -0.4 is 10.1 Å². The van der Waals surface area contributed by atoms with Gasteiger partial charge in [0, 0.05) is 18.3 Å². The van der Waals surface area contributed by atoms with Gasteiger partial charge in [-0.25, -0.2) is 0 Å². The molecule has 0 saturated heterocycles. The largest absolute Gasteiger partial charge is 0.494 e. The van der Waals surface area contributed by atoms with Crippen molar-refractivity contribution in [3.8, 4) is 5.75 Å². The second-order valence-electron chi connectivity index (χ2n) is 3.81. The van der Waals surface area contributed by atoms with Crippen molar-refractivity contribution in [3.05, 3.63) is 29.8 Å². The van der Waals surface area contributed by atoms with Gasteiger partial charge in [-0.3, -0.25) is 0 Å². The second kappa shape index (κ2) is 7.58. The number of benzene rings is 1. The fourth-order valence-corrected chi connectivity index (χ4v) is 2.09. The normalized spacial score (nSPS) is 12.4. The van der Waals surface area contributed by atoms with Crippen molar-refractivity contribution in [2.75, 3.05) is 18.6 Å². The minimum atomic E-state index is 0.557. The van der Waals surface area contributed by atoms with Crippen molar-refractivity contribution >= 4 is 11.8 Å². The summed E-state index contributed by atoms with van der Waals surface area (Å²) in [6.07, 6.45) is 2.13. The van der Waals surface area contributed by atoms with E-state index in [0.29, 0.717) is 6.04 Å². The summed E-state index contributed by atoms with van der Waals surface area (Å²) in [7, 11) is 0. The van der Waals surface area contributed by atoms with Crippen molar-refractivity contribution in [2.24, 2.45) is 0 Å². The summed E-state index contributed by atoms with van der Waals surface area (Å²) in [5, 5.41) is 3.49. The summed E-state index contributed by atoms with van der Waals surface area (Å²) >= 11 is 1.87. The van der Waals surface area contributed by atoms with Gasteiger partial charge in [0.25, 0.3) is 0 Å². The molecule has 1 unspecified atom stereocenters. The van der Waals surface area contributed by atoms with Gasteiger partial charge < -0.3 is 10.1 Å². The van der Waals surface area contributed by atoms with E-state index in [1.54, 1.807) is 0 Å². The minimum Gasteiger partial charge on any atom is -0.494 e. The molecule has 0 bridgehead atoms. The number of rotatable bonds is 7. The summed E-state index contributed by atoms with van der Waals surface area (Å²) in [5.41, 5.74) is 1.30. The SMILES string of the molecule is CCOc1ccc(CNC(C)CSC)cc1. The molecule has 1 atom stereocenters. The van der Waals surface area contributed by atoms with Crippen LogP contribution in [0.5, 0.6) is 5.75 Å². The minimum absolute atomic E-state index is 0.557. The van der Waals surface area contributed by atoms with Gasteiger partial charge in [0.05, 0.1) is 6.61 Å². The van der Waals surface area contributed by atoms with E-state index in [4.69, 9.17) is 4.74 Å². The molecule has 2 nitrogen and oxygen atoms in total. The van der Waals surface area contributed by atoms with Crippen LogP contribution in [0.2, 0.25) is 0 Å². The fourth-order valence-electron chi connectivity index (χ4n) is 1.47. The van der Waals surface area contributed by atoms with Crippen molar-refractivity contribution < 1.29 is 4.74 Å². The van der Waals surface area contributed by atoms with Crippen LogP contribution in [0.4, 0.5) is 0 Å². The van der Waals surface area contributed by atoms with E-state index < -0.39 is 0 Å². The molecule has 0 aromatic heterocycles. The van der Waals surface area contributed by atoms with Gasteiger partial charge >= 0.3 is 0 Å². The van der Waals surface area contributed by atoms with Crippen LogP contribution in [-0.4, -0.2) is 24.7 Å². The van der Waals surface area contributed by atoms with E-state index in [2.05, 4.69) is 30.6 Å². The third kappa shape index (κ3) is 4.90. The maximum absolute atomic E-state index is 5.40. The predicted molar refractivity (Wildman–Crippen MR) is 72.3 cm³/mol. The lowest BCUT2D eigenvalue weighted by atomic mass is 10.2. The van der Waals surface area contributed by atoms with Crippen LogP contribution in [0.3, 0.4) is 0 Å². The molecule has 0 fully saturated rings. The van der Waals surface area contributed by atoms with Crippen LogP contribution in [0, 0.1) is 0 Å². The fraction of sp³-hybridized carbons (Fsp3) is 0.538. The van der Waals surface area contributed by atoms with Gasteiger partial charge in [-0.15, -0.1) is 0 Å². The van der Waals surface area contributed by atoms with E-state index in [1.165, 1.54) is 5.56 Å². The van der Waals surface area contributed by atoms with E-state index in [1.807, 2.05) is 30.8 Å². The Morgan fingerprint density at radius 1 is 1.31 bits per heavy atom. The number of thioether (sulfide) groups is 1. The number of hydrogen-bond acceptors (Lipinski definition) is 3. The zero-order chi connectivity index (χ0) is 11.8. The average Bonchev–Trinajstić information content (AvgIpc) is 2.29. The Balaban J connectivity index is 2.37. The first-order valence-electron chi connectivity index (χ1n) is 5.70. The van der Waals surface area contributed by atoms with E-state index in [-0.39, 0.29) is 0 Å². The molecule has 1 aromatic rings. The number of nitrogens with one attached hydrogen (secondary N) is 1. The van der Waals surface area contributed by atoms with Gasteiger partial charge in [-0.1, -0.05) is 12.1 Å². The molecule has 0 saturated carbocycles. The lowest BCUT2D eigenvalue weighted by Crippen LogP contribution is -2.27. The van der Waals surface area contributed by atoms with Gasteiger partial charge in [0.15, 0.2) is 0 Å². The van der Waals surface area contributed by atoms with Gasteiger partial charge in [-0.2, -0.15) is 11.8 Å². The third-order valence-electron chi connectivity index (χ3n) is 2.31. The smallest absolute Gasteiger partial charge is 0.119 e. The molecule has 0 amide bonds. The molecule has 1 N–H and O–H groups in total. The molecular formula is C13H21NOS. The van der Waals surface area contributed by atoms with Crippen molar-refractivity contribution in [1.82, 2.24) is 5.32 Å². The van der Waals surface area contributed by atoms with Crippen LogP contribution in [0.1, 0.15) is 19.4 Å². The van der Waals surface area contributed by atoms with Crippen LogP contribution in [0.15, 0.2) is 24.3 Å². The number of hydrogen-bond donors (Lipinski definition) is 1. The highest BCUT2D eigenvalue weighted by atomic mass is 32.2. The summed E-state index contributed by atoms with van der Waals surface area (Å²) in [6.45, 7) is 5.86. The van der Waals surface area contributed by atoms with Crippen LogP contribution in [-0.2, 0) is 6.54 Å². The Morgan fingerprint density at radius 2 is 2.00 bits per heavy atom. The molecule has 3 heteroatoms. The first-order valence-corrected chi connectivity index (χ1v) is 7.09. The van der Waals surface area contributed by atoms with Crippen molar-refractivity contribution in [2.45, 2.75) is 26.4 Å². The molecule has 0 radical (unpaired) electrons. The van der Waals surface area contributed by atoms with E-state index in [9.17, 15) is 0 Å². The lowest BCUT2D eigenvalue weighted by molar-refractivity contribution is 0.340. The molecule has 0 aliphatic carbocycles. The number of ether oxygens (including phenoxy) is 1. The summed E-state index contributed by atoms with van der Waals surface area (Å²) in [6, 6.07) is 8.84. The monoisotopic (exact) mass is 239 g/mol. The first kappa shape index (κ1) is 13.4. The maximum atomic E-state index is 5.40. The molecule has 0 aliphatic heterocycles. The molecule has 0 spiro atoms. The Hall–Kier alpha value is -0.670. The molecule has 1 rings (SSSR count). The average molecular weight is 239 g/mol. The molecule has 16 heavy (non-hydrogen) atoms. The lowest BCUT2D eigenvalue weighted by Gasteiger charge is -2.12. The zero-order valence-electron chi connectivity index (χ0n) is 10.3. The van der Waals surface area contributed by atoms with E-state index >= 15 is 0 Å². The van der Waals surface area contributed by atoms with Crippen molar-refractivity contribution in [1.29, 1.82) is 0 Å². The quantitative estimate of drug-likeness (QED) is 0.790. The first-order chi connectivity index (χ1) is 7.76.